The van der Waals surface area contributed by atoms with Crippen molar-refractivity contribution in [3.05, 3.63) is 89.2 Å². The zero-order valence-corrected chi connectivity index (χ0v) is 24.0. The highest BCUT2D eigenvalue weighted by atomic mass is 32.2. The molecule has 0 unspecified atom stereocenters. The quantitative estimate of drug-likeness (QED) is 0.270. The van der Waals surface area contributed by atoms with Crippen molar-refractivity contribution in [2.24, 2.45) is 0 Å². The van der Waals surface area contributed by atoms with Crippen molar-refractivity contribution in [1.29, 1.82) is 0 Å². The standard InChI is InChI=1S/C30H33FN4O5S/c1-34(2)17-4-18-35(41(3,39)40)24-13-11-23(12-14-24)32-29(21-8-5-20(6-9-21)7-16-27(36)37)28-25-15-10-22(31)19-26(25)33-30(28)38/h5-6,8-15,19,32H,4,7,16-18H2,1-3H3,(H,33,38)(H,36,37). The van der Waals surface area contributed by atoms with Crippen LogP contribution < -0.4 is 14.9 Å². The number of hydrogen-bond donors (Lipinski definition) is 3. The van der Waals surface area contributed by atoms with Crippen LogP contribution in [0.1, 0.15) is 29.5 Å². The van der Waals surface area contributed by atoms with Crippen molar-refractivity contribution in [3.8, 4) is 0 Å². The van der Waals surface area contributed by atoms with Crippen molar-refractivity contribution in [3.63, 3.8) is 0 Å². The molecule has 0 radical (unpaired) electrons. The Bertz CT molecular complexity index is 1570. The Morgan fingerprint density at radius 2 is 1.68 bits per heavy atom. The third-order valence-electron chi connectivity index (χ3n) is 6.64. The van der Waals surface area contributed by atoms with Gasteiger partial charge in [-0.25, -0.2) is 12.8 Å². The van der Waals surface area contributed by atoms with E-state index in [1.165, 1.54) is 22.7 Å². The summed E-state index contributed by atoms with van der Waals surface area (Å²) in [5.41, 5.74) is 4.31. The van der Waals surface area contributed by atoms with Crippen molar-refractivity contribution in [2.45, 2.75) is 19.3 Å². The summed E-state index contributed by atoms with van der Waals surface area (Å²) >= 11 is 0. The van der Waals surface area contributed by atoms with Crippen molar-refractivity contribution < 1.29 is 27.5 Å². The minimum atomic E-state index is -3.50. The van der Waals surface area contributed by atoms with Crippen molar-refractivity contribution in [1.82, 2.24) is 4.90 Å². The molecule has 0 saturated carbocycles. The van der Waals surface area contributed by atoms with E-state index < -0.39 is 27.7 Å². The van der Waals surface area contributed by atoms with Gasteiger partial charge in [-0.05, 0) is 87.1 Å². The van der Waals surface area contributed by atoms with E-state index in [9.17, 15) is 22.4 Å². The van der Waals surface area contributed by atoms with Gasteiger partial charge in [0.1, 0.15) is 5.82 Å². The fourth-order valence-electron chi connectivity index (χ4n) is 4.63. The monoisotopic (exact) mass is 580 g/mol. The zero-order chi connectivity index (χ0) is 29.7. The molecule has 1 aliphatic rings. The van der Waals surface area contributed by atoms with E-state index in [4.69, 9.17) is 5.11 Å². The maximum absolute atomic E-state index is 13.9. The first-order valence-corrected chi connectivity index (χ1v) is 14.9. The molecule has 0 atom stereocenters. The first-order valence-electron chi connectivity index (χ1n) is 13.1. The highest BCUT2D eigenvalue weighted by Crippen LogP contribution is 2.38. The molecular weight excluding hydrogens is 547 g/mol. The normalized spacial score (nSPS) is 14.0. The van der Waals surface area contributed by atoms with Crippen LogP contribution in [0.5, 0.6) is 0 Å². The van der Waals surface area contributed by atoms with Crippen molar-refractivity contribution >= 4 is 50.2 Å². The number of amides is 1. The lowest BCUT2D eigenvalue weighted by molar-refractivity contribution is -0.137. The minimum Gasteiger partial charge on any atom is -0.481 e. The SMILES string of the molecule is CN(C)CCCN(c1ccc(NC(=C2C(=O)Nc3cc(F)ccc32)c2ccc(CCC(=O)O)cc2)cc1)S(C)(=O)=O. The molecule has 4 rings (SSSR count). The highest BCUT2D eigenvalue weighted by molar-refractivity contribution is 7.92. The molecule has 0 fully saturated rings. The van der Waals surface area contributed by atoms with Crippen LogP contribution in [0, 0.1) is 5.82 Å². The Labute approximate surface area is 239 Å². The van der Waals surface area contributed by atoms with E-state index in [-0.39, 0.29) is 6.42 Å². The lowest BCUT2D eigenvalue weighted by atomic mass is 9.98. The number of halogens is 1. The van der Waals surface area contributed by atoms with Gasteiger partial charge in [-0.3, -0.25) is 13.9 Å². The molecule has 9 nitrogen and oxygen atoms in total. The largest absolute Gasteiger partial charge is 0.481 e. The average molecular weight is 581 g/mol. The second-order valence-electron chi connectivity index (χ2n) is 10.1. The number of benzene rings is 3. The molecule has 0 aromatic heterocycles. The molecule has 3 aromatic carbocycles. The van der Waals surface area contributed by atoms with Gasteiger partial charge in [0, 0.05) is 24.2 Å². The van der Waals surface area contributed by atoms with Gasteiger partial charge in [0.2, 0.25) is 10.0 Å². The molecule has 216 valence electrons. The summed E-state index contributed by atoms with van der Waals surface area (Å²) in [6.45, 7) is 1.08. The molecule has 1 heterocycles. The van der Waals surface area contributed by atoms with Crippen LogP contribution in [0.2, 0.25) is 0 Å². The molecule has 0 saturated heterocycles. The van der Waals surface area contributed by atoms with Gasteiger partial charge < -0.3 is 20.6 Å². The van der Waals surface area contributed by atoms with E-state index in [1.807, 2.05) is 19.0 Å². The number of aliphatic carboxylic acids is 1. The molecule has 0 bridgehead atoms. The van der Waals surface area contributed by atoms with Gasteiger partial charge in [0.25, 0.3) is 5.91 Å². The Hall–Kier alpha value is -4.22. The van der Waals surface area contributed by atoms with Crippen LogP contribution >= 0.6 is 0 Å². The number of carboxylic acids is 1. The Balaban J connectivity index is 1.70. The van der Waals surface area contributed by atoms with Crippen LogP contribution in [0.3, 0.4) is 0 Å². The second-order valence-corrected chi connectivity index (χ2v) is 12.1. The van der Waals surface area contributed by atoms with Crippen molar-refractivity contribution in [2.75, 3.05) is 48.4 Å². The average Bonchev–Trinajstić information content (AvgIpc) is 3.23. The van der Waals surface area contributed by atoms with E-state index in [1.54, 1.807) is 54.6 Å². The van der Waals surface area contributed by atoms with E-state index >= 15 is 0 Å². The summed E-state index contributed by atoms with van der Waals surface area (Å²) in [4.78, 5) is 26.1. The van der Waals surface area contributed by atoms with Crippen LogP contribution in [-0.2, 0) is 26.0 Å². The van der Waals surface area contributed by atoms with Gasteiger partial charge in [-0.1, -0.05) is 24.3 Å². The number of nitrogens with one attached hydrogen (secondary N) is 2. The predicted molar refractivity (Wildman–Crippen MR) is 160 cm³/mol. The summed E-state index contributed by atoms with van der Waals surface area (Å²) in [6, 6.07) is 18.2. The number of nitrogens with zero attached hydrogens (tertiary/aromatic N) is 2. The summed E-state index contributed by atoms with van der Waals surface area (Å²) in [5, 5.41) is 15.0. The minimum absolute atomic E-state index is 0.00111. The van der Waals surface area contributed by atoms with E-state index in [0.717, 1.165) is 12.1 Å². The third-order valence-corrected chi connectivity index (χ3v) is 7.83. The molecule has 3 N–H and O–H groups in total. The number of anilines is 3. The summed E-state index contributed by atoms with van der Waals surface area (Å²) in [6.07, 6.45) is 2.20. The molecule has 11 heteroatoms. The van der Waals surface area contributed by atoms with Gasteiger partial charge in [0.15, 0.2) is 0 Å². The lowest BCUT2D eigenvalue weighted by Gasteiger charge is -2.24. The van der Waals surface area contributed by atoms with Crippen LogP contribution in [0.25, 0.3) is 11.3 Å². The molecular formula is C30H33FN4O5S. The van der Waals surface area contributed by atoms with Crippen LogP contribution in [0.4, 0.5) is 21.5 Å². The van der Waals surface area contributed by atoms with Gasteiger partial charge in [-0.2, -0.15) is 0 Å². The highest BCUT2D eigenvalue weighted by Gasteiger charge is 2.29. The number of rotatable bonds is 12. The Morgan fingerprint density at radius 1 is 1.00 bits per heavy atom. The Kier molecular flexibility index (Phi) is 9.09. The molecule has 0 aliphatic carbocycles. The molecule has 1 amide bonds. The number of carbonyl (C=O) groups excluding carboxylic acids is 1. The smallest absolute Gasteiger partial charge is 0.303 e. The lowest BCUT2D eigenvalue weighted by Crippen LogP contribution is -2.32. The van der Waals surface area contributed by atoms with E-state index in [2.05, 4.69) is 10.6 Å². The molecule has 1 aliphatic heterocycles. The summed E-state index contributed by atoms with van der Waals surface area (Å²) in [5.74, 6) is -1.76. The molecule has 0 spiro atoms. The predicted octanol–water partition coefficient (Wildman–Crippen LogP) is 4.49. The second kappa shape index (κ2) is 12.5. The first-order chi connectivity index (χ1) is 19.4. The number of hydrogen-bond acceptors (Lipinski definition) is 6. The van der Waals surface area contributed by atoms with Crippen LogP contribution in [-0.4, -0.2) is 63.7 Å². The number of aryl methyl sites for hydroxylation is 1. The third kappa shape index (κ3) is 7.50. The summed E-state index contributed by atoms with van der Waals surface area (Å²) < 4.78 is 40.3. The number of sulfonamides is 1. The van der Waals surface area contributed by atoms with Gasteiger partial charge in [-0.15, -0.1) is 0 Å². The number of carboxylic acid groups (broad SMARTS) is 1. The first kappa shape index (κ1) is 29.8. The van der Waals surface area contributed by atoms with Crippen LogP contribution in [0.15, 0.2) is 66.7 Å². The van der Waals surface area contributed by atoms with Gasteiger partial charge >= 0.3 is 5.97 Å². The number of fused-ring (bicyclic) bond motifs is 1. The zero-order valence-electron chi connectivity index (χ0n) is 23.1. The fourth-order valence-corrected chi connectivity index (χ4v) is 5.60. The van der Waals surface area contributed by atoms with E-state index in [0.29, 0.717) is 58.8 Å². The summed E-state index contributed by atoms with van der Waals surface area (Å²) in [7, 11) is 0.360. The molecule has 41 heavy (non-hydrogen) atoms. The fraction of sp³-hybridized carbons (Fsp3) is 0.267. The maximum Gasteiger partial charge on any atom is 0.303 e. The Morgan fingerprint density at radius 3 is 2.29 bits per heavy atom. The van der Waals surface area contributed by atoms with Gasteiger partial charge in [0.05, 0.1) is 28.9 Å². The topological polar surface area (TPSA) is 119 Å². The number of carbonyl (C=O) groups is 2. The maximum atomic E-state index is 13.9. The molecule has 3 aromatic rings.